The van der Waals surface area contributed by atoms with Crippen LogP contribution in [0.5, 0.6) is 0 Å². The molecule has 0 aliphatic rings. The van der Waals surface area contributed by atoms with E-state index in [0.717, 1.165) is 16.8 Å². The van der Waals surface area contributed by atoms with E-state index in [1.807, 2.05) is 48.9 Å². The number of carbonyl (C=O) groups excluding carboxylic acids is 1. The second-order valence-corrected chi connectivity index (χ2v) is 5.92. The summed E-state index contributed by atoms with van der Waals surface area (Å²) in [6, 6.07) is 14.3. The Morgan fingerprint density at radius 2 is 1.96 bits per heavy atom. The second-order valence-electron chi connectivity index (χ2n) is 5.92. The van der Waals surface area contributed by atoms with Crippen molar-refractivity contribution in [1.29, 1.82) is 0 Å². The van der Waals surface area contributed by atoms with Crippen LogP contribution in [-0.4, -0.2) is 15.7 Å². The highest BCUT2D eigenvalue weighted by Gasteiger charge is 2.17. The standard InChI is InChI=1S/C20H20FN3O/c1-3-19-17(12-22-24(19)13-15-7-5-4-6-8-15)20(25)23-18-11-16(21)10-9-14(18)2/h4-12H,3,13H2,1-2H3,(H,23,25). The lowest BCUT2D eigenvalue weighted by Crippen LogP contribution is -2.15. The van der Waals surface area contributed by atoms with Gasteiger partial charge in [-0.3, -0.25) is 9.48 Å². The summed E-state index contributed by atoms with van der Waals surface area (Å²) in [6.07, 6.45) is 2.25. The molecule has 0 aliphatic carbocycles. The SMILES string of the molecule is CCc1c(C(=O)Nc2cc(F)ccc2C)cnn1Cc1ccccc1. The maximum absolute atomic E-state index is 13.4. The maximum atomic E-state index is 13.4. The largest absolute Gasteiger partial charge is 0.322 e. The first kappa shape index (κ1) is 16.9. The average Bonchev–Trinajstić information content (AvgIpc) is 3.01. The molecule has 0 aliphatic heterocycles. The molecule has 0 atom stereocenters. The Kier molecular flexibility index (Phi) is 4.93. The minimum Gasteiger partial charge on any atom is -0.322 e. The van der Waals surface area contributed by atoms with E-state index in [1.54, 1.807) is 12.3 Å². The number of halogens is 1. The molecule has 1 heterocycles. The predicted molar refractivity (Wildman–Crippen MR) is 96.2 cm³/mol. The van der Waals surface area contributed by atoms with E-state index in [2.05, 4.69) is 10.4 Å². The summed E-state index contributed by atoms with van der Waals surface area (Å²) in [5, 5.41) is 7.15. The van der Waals surface area contributed by atoms with Gasteiger partial charge in [0, 0.05) is 5.69 Å². The number of aromatic nitrogens is 2. The normalized spacial score (nSPS) is 10.7. The van der Waals surface area contributed by atoms with Crippen LogP contribution >= 0.6 is 0 Å². The van der Waals surface area contributed by atoms with Crippen molar-refractivity contribution in [3.05, 3.63) is 82.9 Å². The average molecular weight is 337 g/mol. The van der Waals surface area contributed by atoms with Gasteiger partial charge in [0.15, 0.2) is 0 Å². The molecule has 0 saturated carbocycles. The lowest BCUT2D eigenvalue weighted by Gasteiger charge is -2.10. The Bertz CT molecular complexity index is 887. The van der Waals surface area contributed by atoms with Crippen LogP contribution in [0.3, 0.4) is 0 Å². The fourth-order valence-corrected chi connectivity index (χ4v) is 2.78. The number of nitrogens with zero attached hydrogens (tertiary/aromatic N) is 2. The number of nitrogens with one attached hydrogen (secondary N) is 1. The number of carbonyl (C=O) groups is 1. The zero-order valence-electron chi connectivity index (χ0n) is 14.3. The molecule has 128 valence electrons. The van der Waals surface area contributed by atoms with E-state index >= 15 is 0 Å². The summed E-state index contributed by atoms with van der Waals surface area (Å²) in [5.74, 6) is -0.652. The van der Waals surface area contributed by atoms with E-state index < -0.39 is 0 Å². The zero-order chi connectivity index (χ0) is 17.8. The molecular formula is C20H20FN3O. The highest BCUT2D eigenvalue weighted by Crippen LogP contribution is 2.19. The molecule has 0 bridgehead atoms. The van der Waals surface area contributed by atoms with Crippen molar-refractivity contribution in [3.8, 4) is 0 Å². The summed E-state index contributed by atoms with van der Waals surface area (Å²) in [5.41, 5.74) is 3.78. The second kappa shape index (κ2) is 7.30. The number of benzene rings is 2. The lowest BCUT2D eigenvalue weighted by atomic mass is 10.1. The van der Waals surface area contributed by atoms with Crippen LogP contribution in [0, 0.1) is 12.7 Å². The van der Waals surface area contributed by atoms with Gasteiger partial charge in [-0.05, 0) is 36.6 Å². The summed E-state index contributed by atoms with van der Waals surface area (Å²) in [6.45, 7) is 4.42. The molecule has 1 amide bonds. The van der Waals surface area contributed by atoms with Crippen molar-refractivity contribution in [2.75, 3.05) is 5.32 Å². The van der Waals surface area contributed by atoms with Gasteiger partial charge in [0.25, 0.3) is 5.91 Å². The Labute approximate surface area is 146 Å². The van der Waals surface area contributed by atoms with Gasteiger partial charge in [0.2, 0.25) is 0 Å². The van der Waals surface area contributed by atoms with Crippen LogP contribution in [-0.2, 0) is 13.0 Å². The Morgan fingerprint density at radius 3 is 2.68 bits per heavy atom. The smallest absolute Gasteiger partial charge is 0.259 e. The van der Waals surface area contributed by atoms with E-state index in [9.17, 15) is 9.18 Å². The highest BCUT2D eigenvalue weighted by molar-refractivity contribution is 6.05. The molecule has 0 spiro atoms. The van der Waals surface area contributed by atoms with Crippen LogP contribution in [0.25, 0.3) is 0 Å². The van der Waals surface area contributed by atoms with Crippen molar-refractivity contribution >= 4 is 11.6 Å². The molecule has 0 unspecified atom stereocenters. The van der Waals surface area contributed by atoms with Crippen molar-refractivity contribution in [2.45, 2.75) is 26.8 Å². The molecule has 1 N–H and O–H groups in total. The summed E-state index contributed by atoms with van der Waals surface area (Å²) in [7, 11) is 0. The predicted octanol–water partition coefficient (Wildman–Crippen LogP) is 4.19. The Balaban J connectivity index is 1.84. The van der Waals surface area contributed by atoms with Crippen molar-refractivity contribution in [1.82, 2.24) is 9.78 Å². The van der Waals surface area contributed by atoms with Crippen LogP contribution in [0.1, 0.15) is 34.1 Å². The molecule has 25 heavy (non-hydrogen) atoms. The van der Waals surface area contributed by atoms with Crippen molar-refractivity contribution in [3.63, 3.8) is 0 Å². The fraction of sp³-hybridized carbons (Fsp3) is 0.200. The lowest BCUT2D eigenvalue weighted by molar-refractivity contribution is 0.102. The van der Waals surface area contributed by atoms with Crippen molar-refractivity contribution in [2.24, 2.45) is 0 Å². The van der Waals surface area contributed by atoms with Gasteiger partial charge in [0.05, 0.1) is 24.0 Å². The third kappa shape index (κ3) is 3.76. The molecular weight excluding hydrogens is 317 g/mol. The van der Waals surface area contributed by atoms with Gasteiger partial charge >= 0.3 is 0 Å². The van der Waals surface area contributed by atoms with Gasteiger partial charge < -0.3 is 5.32 Å². The molecule has 1 aromatic heterocycles. The third-order valence-corrected chi connectivity index (χ3v) is 4.15. The van der Waals surface area contributed by atoms with E-state index in [4.69, 9.17) is 0 Å². The Hall–Kier alpha value is -2.95. The molecule has 0 fully saturated rings. The van der Waals surface area contributed by atoms with Crippen LogP contribution in [0.4, 0.5) is 10.1 Å². The number of hydrogen-bond acceptors (Lipinski definition) is 2. The van der Waals surface area contributed by atoms with Gasteiger partial charge in [0.1, 0.15) is 5.82 Å². The summed E-state index contributed by atoms with van der Waals surface area (Å²) >= 11 is 0. The van der Waals surface area contributed by atoms with Gasteiger partial charge in [-0.2, -0.15) is 5.10 Å². The minimum atomic E-state index is -0.378. The number of amides is 1. The van der Waals surface area contributed by atoms with Gasteiger partial charge in [-0.1, -0.05) is 43.3 Å². The summed E-state index contributed by atoms with van der Waals surface area (Å²) < 4.78 is 15.3. The first-order chi connectivity index (χ1) is 12.1. The first-order valence-corrected chi connectivity index (χ1v) is 8.24. The van der Waals surface area contributed by atoms with Crippen molar-refractivity contribution < 1.29 is 9.18 Å². The fourth-order valence-electron chi connectivity index (χ4n) is 2.78. The molecule has 2 aromatic carbocycles. The Morgan fingerprint density at radius 1 is 1.20 bits per heavy atom. The number of rotatable bonds is 5. The summed E-state index contributed by atoms with van der Waals surface area (Å²) in [4.78, 5) is 12.6. The topological polar surface area (TPSA) is 46.9 Å². The van der Waals surface area contributed by atoms with Crippen LogP contribution in [0.2, 0.25) is 0 Å². The molecule has 5 heteroatoms. The highest BCUT2D eigenvalue weighted by atomic mass is 19.1. The number of hydrogen-bond donors (Lipinski definition) is 1. The molecule has 0 saturated heterocycles. The number of anilines is 1. The van der Waals surface area contributed by atoms with Crippen LogP contribution in [0.15, 0.2) is 54.7 Å². The van der Waals surface area contributed by atoms with Crippen LogP contribution < -0.4 is 5.32 Å². The zero-order valence-corrected chi connectivity index (χ0v) is 14.3. The van der Waals surface area contributed by atoms with Gasteiger partial charge in [-0.25, -0.2) is 4.39 Å². The minimum absolute atomic E-state index is 0.273. The molecule has 0 radical (unpaired) electrons. The van der Waals surface area contributed by atoms with E-state index in [-0.39, 0.29) is 11.7 Å². The first-order valence-electron chi connectivity index (χ1n) is 8.24. The number of aryl methyl sites for hydroxylation is 1. The van der Waals surface area contributed by atoms with Gasteiger partial charge in [-0.15, -0.1) is 0 Å². The maximum Gasteiger partial charge on any atom is 0.259 e. The quantitative estimate of drug-likeness (QED) is 0.759. The molecule has 4 nitrogen and oxygen atoms in total. The van der Waals surface area contributed by atoms with E-state index in [0.29, 0.717) is 24.2 Å². The molecule has 3 rings (SSSR count). The molecule has 3 aromatic rings. The third-order valence-electron chi connectivity index (χ3n) is 4.15. The van der Waals surface area contributed by atoms with E-state index in [1.165, 1.54) is 12.1 Å². The monoisotopic (exact) mass is 337 g/mol.